The molecule has 0 aliphatic rings. The maximum atomic E-state index is 10.0. The zero-order valence-electron chi connectivity index (χ0n) is 11.7. The molecule has 18 heavy (non-hydrogen) atoms. The van der Waals surface area contributed by atoms with Crippen molar-refractivity contribution >= 4 is 0 Å². The molecule has 4 nitrogen and oxygen atoms in total. The Morgan fingerprint density at radius 3 is 2.72 bits per heavy atom. The van der Waals surface area contributed by atoms with E-state index < -0.39 is 0 Å². The summed E-state index contributed by atoms with van der Waals surface area (Å²) in [5, 5.41) is 13.4. The van der Waals surface area contributed by atoms with E-state index in [4.69, 9.17) is 4.74 Å². The molecule has 1 atom stereocenters. The number of nitrogens with zero attached hydrogens (tertiary/aromatic N) is 1. The number of nitrogens with one attached hydrogen (secondary N) is 1. The van der Waals surface area contributed by atoms with E-state index in [2.05, 4.69) is 17.1 Å². The Labute approximate surface area is 110 Å². The lowest BCUT2D eigenvalue weighted by molar-refractivity contribution is 0.314. The van der Waals surface area contributed by atoms with Crippen LogP contribution in [-0.2, 0) is 6.54 Å². The van der Waals surface area contributed by atoms with Crippen LogP contribution in [0.15, 0.2) is 18.2 Å². The van der Waals surface area contributed by atoms with E-state index in [0.717, 1.165) is 12.1 Å². The van der Waals surface area contributed by atoms with Crippen LogP contribution in [0.1, 0.15) is 19.4 Å². The third-order valence-corrected chi connectivity index (χ3v) is 2.66. The highest BCUT2D eigenvalue weighted by Crippen LogP contribution is 2.29. The Balaban J connectivity index is 2.59. The van der Waals surface area contributed by atoms with E-state index >= 15 is 0 Å². The van der Waals surface area contributed by atoms with E-state index in [1.54, 1.807) is 6.07 Å². The fourth-order valence-electron chi connectivity index (χ4n) is 1.88. The molecule has 2 N–H and O–H groups in total. The molecule has 1 rings (SSSR count). The number of hydrogen-bond acceptors (Lipinski definition) is 4. The molecule has 0 saturated heterocycles. The maximum absolute atomic E-state index is 10.0. The van der Waals surface area contributed by atoms with Gasteiger partial charge in [0.15, 0.2) is 11.5 Å². The van der Waals surface area contributed by atoms with Crippen LogP contribution < -0.4 is 10.1 Å². The van der Waals surface area contributed by atoms with Crippen molar-refractivity contribution in [2.45, 2.75) is 26.4 Å². The van der Waals surface area contributed by atoms with Gasteiger partial charge in [0, 0.05) is 24.7 Å². The second-order valence-corrected chi connectivity index (χ2v) is 4.74. The average molecular weight is 252 g/mol. The highest BCUT2D eigenvalue weighted by atomic mass is 16.5. The number of phenols is 1. The number of benzene rings is 1. The predicted molar refractivity (Wildman–Crippen MR) is 74.1 cm³/mol. The summed E-state index contributed by atoms with van der Waals surface area (Å²) < 4.78 is 5.36. The number of rotatable bonds is 7. The molecule has 0 spiro atoms. The largest absolute Gasteiger partial charge is 0.504 e. The molecule has 0 fully saturated rings. The summed E-state index contributed by atoms with van der Waals surface area (Å²) in [6, 6.07) is 5.96. The fraction of sp³-hybridized carbons (Fsp3) is 0.571. The van der Waals surface area contributed by atoms with Crippen LogP contribution in [0.3, 0.4) is 0 Å². The second kappa shape index (κ2) is 7.24. The fourth-order valence-corrected chi connectivity index (χ4v) is 1.88. The summed E-state index contributed by atoms with van der Waals surface area (Å²) in [7, 11) is 4.09. The minimum absolute atomic E-state index is 0.240. The lowest BCUT2D eigenvalue weighted by Gasteiger charge is -2.19. The van der Waals surface area contributed by atoms with Gasteiger partial charge < -0.3 is 20.1 Å². The summed E-state index contributed by atoms with van der Waals surface area (Å²) in [5.74, 6) is 0.793. The lowest BCUT2D eigenvalue weighted by Crippen LogP contribution is -2.35. The van der Waals surface area contributed by atoms with E-state index in [0.29, 0.717) is 24.9 Å². The van der Waals surface area contributed by atoms with E-state index in [1.807, 2.05) is 33.2 Å². The minimum Gasteiger partial charge on any atom is -0.504 e. The van der Waals surface area contributed by atoms with Crippen molar-refractivity contribution in [3.63, 3.8) is 0 Å². The van der Waals surface area contributed by atoms with Gasteiger partial charge in [-0.05, 0) is 34.0 Å². The van der Waals surface area contributed by atoms with Gasteiger partial charge in [0.25, 0.3) is 0 Å². The average Bonchev–Trinajstić information content (AvgIpc) is 2.29. The van der Waals surface area contributed by atoms with Crippen molar-refractivity contribution < 1.29 is 9.84 Å². The first kappa shape index (κ1) is 14.8. The minimum atomic E-state index is 0.240. The molecule has 0 aliphatic heterocycles. The van der Waals surface area contributed by atoms with Crippen LogP contribution in [0.25, 0.3) is 0 Å². The Morgan fingerprint density at radius 2 is 2.11 bits per heavy atom. The number of para-hydroxylation sites is 1. The molecule has 0 amide bonds. The molecule has 102 valence electrons. The van der Waals surface area contributed by atoms with Gasteiger partial charge in [0.2, 0.25) is 0 Å². The third kappa shape index (κ3) is 4.55. The molecule has 1 aromatic rings. The van der Waals surface area contributed by atoms with E-state index in [1.165, 1.54) is 0 Å². The van der Waals surface area contributed by atoms with Crippen LogP contribution in [-0.4, -0.2) is 43.3 Å². The normalized spacial score (nSPS) is 12.7. The molecule has 1 aromatic carbocycles. The SMILES string of the molecule is CCOc1cccc(CNC(C)CN(C)C)c1O. The molecular weight excluding hydrogens is 228 g/mol. The molecule has 0 aliphatic carbocycles. The maximum Gasteiger partial charge on any atom is 0.162 e. The number of ether oxygens (including phenoxy) is 1. The Hall–Kier alpha value is -1.26. The molecule has 1 unspecified atom stereocenters. The highest BCUT2D eigenvalue weighted by molar-refractivity contribution is 5.45. The molecule has 0 saturated carbocycles. The van der Waals surface area contributed by atoms with Crippen molar-refractivity contribution in [1.82, 2.24) is 10.2 Å². The van der Waals surface area contributed by atoms with Crippen LogP contribution in [0.4, 0.5) is 0 Å². The molecule has 0 radical (unpaired) electrons. The topological polar surface area (TPSA) is 44.7 Å². The zero-order chi connectivity index (χ0) is 13.5. The third-order valence-electron chi connectivity index (χ3n) is 2.66. The van der Waals surface area contributed by atoms with Gasteiger partial charge in [-0.3, -0.25) is 0 Å². The quantitative estimate of drug-likeness (QED) is 0.777. The number of likely N-dealkylation sites (N-methyl/N-ethyl adjacent to an activating group) is 1. The van der Waals surface area contributed by atoms with Crippen molar-refractivity contribution in [2.24, 2.45) is 0 Å². The summed E-state index contributed by atoms with van der Waals surface area (Å²) in [5.41, 5.74) is 0.867. The van der Waals surface area contributed by atoms with Crippen molar-refractivity contribution in [2.75, 3.05) is 27.2 Å². The van der Waals surface area contributed by atoms with Gasteiger partial charge in [-0.25, -0.2) is 0 Å². The van der Waals surface area contributed by atoms with Gasteiger partial charge in [0.05, 0.1) is 6.61 Å². The summed E-state index contributed by atoms with van der Waals surface area (Å²) in [6.45, 7) is 6.20. The predicted octanol–water partition coefficient (Wildman–Crippen LogP) is 1.83. The summed E-state index contributed by atoms with van der Waals surface area (Å²) in [4.78, 5) is 2.13. The number of hydrogen-bond donors (Lipinski definition) is 2. The Bertz CT molecular complexity index is 367. The molecule has 4 heteroatoms. The van der Waals surface area contributed by atoms with Crippen molar-refractivity contribution in [3.8, 4) is 11.5 Å². The smallest absolute Gasteiger partial charge is 0.162 e. The first-order valence-corrected chi connectivity index (χ1v) is 6.36. The monoisotopic (exact) mass is 252 g/mol. The van der Waals surface area contributed by atoms with E-state index in [-0.39, 0.29) is 5.75 Å². The molecular formula is C14H24N2O2. The van der Waals surface area contributed by atoms with Crippen LogP contribution in [0, 0.1) is 0 Å². The van der Waals surface area contributed by atoms with Crippen LogP contribution in [0.5, 0.6) is 11.5 Å². The van der Waals surface area contributed by atoms with Crippen molar-refractivity contribution in [3.05, 3.63) is 23.8 Å². The van der Waals surface area contributed by atoms with Gasteiger partial charge in [-0.2, -0.15) is 0 Å². The van der Waals surface area contributed by atoms with Gasteiger partial charge in [-0.15, -0.1) is 0 Å². The Kier molecular flexibility index (Phi) is 5.95. The second-order valence-electron chi connectivity index (χ2n) is 4.74. The van der Waals surface area contributed by atoms with Gasteiger partial charge in [0.1, 0.15) is 0 Å². The zero-order valence-corrected chi connectivity index (χ0v) is 11.7. The number of aromatic hydroxyl groups is 1. The number of phenolic OH excluding ortho intramolecular Hbond substituents is 1. The van der Waals surface area contributed by atoms with E-state index in [9.17, 15) is 5.11 Å². The first-order valence-electron chi connectivity index (χ1n) is 6.36. The summed E-state index contributed by atoms with van der Waals surface area (Å²) in [6.07, 6.45) is 0. The van der Waals surface area contributed by atoms with Crippen LogP contribution >= 0.6 is 0 Å². The molecule has 0 aromatic heterocycles. The molecule has 0 heterocycles. The van der Waals surface area contributed by atoms with Gasteiger partial charge in [-0.1, -0.05) is 12.1 Å². The summed E-state index contributed by atoms with van der Waals surface area (Å²) >= 11 is 0. The first-order chi connectivity index (χ1) is 8.54. The Morgan fingerprint density at radius 1 is 1.39 bits per heavy atom. The lowest BCUT2D eigenvalue weighted by atomic mass is 10.1. The molecule has 0 bridgehead atoms. The standard InChI is InChI=1S/C14H24N2O2/c1-5-18-13-8-6-7-12(14(13)17)9-15-11(2)10-16(3)4/h6-8,11,15,17H,5,9-10H2,1-4H3. The van der Waals surface area contributed by atoms with Gasteiger partial charge >= 0.3 is 0 Å². The highest BCUT2D eigenvalue weighted by Gasteiger charge is 2.09. The van der Waals surface area contributed by atoms with Crippen molar-refractivity contribution in [1.29, 1.82) is 0 Å². The van der Waals surface area contributed by atoms with Crippen LogP contribution in [0.2, 0.25) is 0 Å².